The van der Waals surface area contributed by atoms with E-state index in [9.17, 15) is 18.0 Å². The molecular formula is C26H31F3N2O. The summed E-state index contributed by atoms with van der Waals surface area (Å²) in [6.07, 6.45) is 2.53. The molecule has 0 bridgehead atoms. The fourth-order valence-corrected chi connectivity index (χ4v) is 5.57. The maximum atomic E-state index is 12.8. The highest BCUT2D eigenvalue weighted by atomic mass is 19.4. The highest BCUT2D eigenvalue weighted by Crippen LogP contribution is 2.49. The second-order valence-electron chi connectivity index (χ2n) is 9.67. The fraction of sp³-hybridized carbons (Fsp3) is 0.500. The number of hydrogen-bond donors (Lipinski definition) is 1. The number of hydrogen-bond acceptors (Lipinski definition) is 2. The molecular weight excluding hydrogens is 413 g/mol. The van der Waals surface area contributed by atoms with Crippen LogP contribution in [0.2, 0.25) is 0 Å². The molecule has 1 fully saturated rings. The van der Waals surface area contributed by atoms with Crippen LogP contribution in [0.25, 0.3) is 0 Å². The molecule has 2 atom stereocenters. The van der Waals surface area contributed by atoms with Gasteiger partial charge in [0.05, 0.1) is 6.04 Å². The van der Waals surface area contributed by atoms with Gasteiger partial charge in [-0.15, -0.1) is 0 Å². The molecule has 32 heavy (non-hydrogen) atoms. The van der Waals surface area contributed by atoms with Crippen molar-refractivity contribution in [1.82, 2.24) is 0 Å². The minimum absolute atomic E-state index is 0.0664. The molecule has 1 aliphatic carbocycles. The normalized spacial score (nSPS) is 22.5. The van der Waals surface area contributed by atoms with E-state index in [1.165, 1.54) is 32.1 Å². The molecule has 0 aromatic heterocycles. The Balaban J connectivity index is 1.68. The van der Waals surface area contributed by atoms with Crippen molar-refractivity contribution in [2.75, 3.05) is 16.8 Å². The molecule has 2 unspecified atom stereocenters. The summed E-state index contributed by atoms with van der Waals surface area (Å²) in [6.45, 7) is 5.23. The predicted molar refractivity (Wildman–Crippen MR) is 122 cm³/mol. The molecule has 0 spiro atoms. The average molecular weight is 445 g/mol. The average Bonchev–Trinajstić information content (AvgIpc) is 3.05. The molecule has 2 aliphatic rings. The second kappa shape index (κ2) is 8.80. The number of rotatable bonds is 5. The summed E-state index contributed by atoms with van der Waals surface area (Å²) in [6, 6.07) is 15.5. The first-order valence-corrected chi connectivity index (χ1v) is 11.5. The first-order chi connectivity index (χ1) is 15.2. The molecule has 2 aromatic rings. The number of nitrogens with one attached hydrogen (secondary N) is 1. The lowest BCUT2D eigenvalue weighted by atomic mass is 9.73. The van der Waals surface area contributed by atoms with Crippen molar-refractivity contribution in [3.05, 3.63) is 59.7 Å². The lowest BCUT2D eigenvalue weighted by molar-refractivity contribution is -0.167. The summed E-state index contributed by atoms with van der Waals surface area (Å²) in [7, 11) is 0. The maximum Gasteiger partial charge on any atom is 0.471 e. The molecule has 1 N–H and O–H groups in total. The zero-order valence-corrected chi connectivity index (χ0v) is 18.7. The van der Waals surface area contributed by atoms with Gasteiger partial charge in [-0.3, -0.25) is 4.79 Å². The van der Waals surface area contributed by atoms with E-state index in [-0.39, 0.29) is 17.1 Å². The van der Waals surface area contributed by atoms with E-state index in [2.05, 4.69) is 30.9 Å². The number of alkyl halides is 3. The van der Waals surface area contributed by atoms with Gasteiger partial charge in [-0.1, -0.05) is 75.4 Å². The third kappa shape index (κ3) is 4.64. The van der Waals surface area contributed by atoms with Crippen LogP contribution < -0.4 is 10.2 Å². The van der Waals surface area contributed by atoms with Gasteiger partial charge in [-0.25, -0.2) is 0 Å². The Morgan fingerprint density at radius 2 is 1.81 bits per heavy atom. The summed E-state index contributed by atoms with van der Waals surface area (Å²) in [4.78, 5) is 13.8. The topological polar surface area (TPSA) is 32.3 Å². The first kappa shape index (κ1) is 22.7. The van der Waals surface area contributed by atoms with Crippen LogP contribution in [0.3, 0.4) is 0 Å². The van der Waals surface area contributed by atoms with Crippen LogP contribution in [0.1, 0.15) is 69.5 Å². The third-order valence-electron chi connectivity index (χ3n) is 7.21. The third-order valence-corrected chi connectivity index (χ3v) is 7.21. The monoisotopic (exact) mass is 444 g/mol. The van der Waals surface area contributed by atoms with E-state index in [0.717, 1.165) is 29.8 Å². The predicted octanol–water partition coefficient (Wildman–Crippen LogP) is 7.00. The summed E-state index contributed by atoms with van der Waals surface area (Å²) in [5.74, 6) is -1.26. The Morgan fingerprint density at radius 3 is 2.47 bits per heavy atom. The molecule has 2 aromatic carbocycles. The molecule has 1 amide bonds. The van der Waals surface area contributed by atoms with Crippen molar-refractivity contribution < 1.29 is 18.0 Å². The van der Waals surface area contributed by atoms with Crippen LogP contribution in [0.15, 0.2) is 48.5 Å². The van der Waals surface area contributed by atoms with Gasteiger partial charge in [-0.05, 0) is 42.5 Å². The summed E-state index contributed by atoms with van der Waals surface area (Å²) >= 11 is 0. The van der Waals surface area contributed by atoms with Crippen molar-refractivity contribution in [2.24, 2.45) is 5.92 Å². The van der Waals surface area contributed by atoms with Gasteiger partial charge in [0.15, 0.2) is 0 Å². The van der Waals surface area contributed by atoms with E-state index < -0.39 is 12.1 Å². The summed E-state index contributed by atoms with van der Waals surface area (Å²) < 4.78 is 38.4. The number of benzene rings is 2. The van der Waals surface area contributed by atoms with E-state index in [1.807, 2.05) is 29.6 Å². The number of carbonyl (C=O) groups excluding carboxylic acids is 1. The fourth-order valence-electron chi connectivity index (χ4n) is 5.57. The number of carbonyl (C=O) groups is 1. The van der Waals surface area contributed by atoms with Crippen LogP contribution in [0.5, 0.6) is 0 Å². The van der Waals surface area contributed by atoms with Crippen LogP contribution in [0, 0.1) is 5.92 Å². The largest absolute Gasteiger partial charge is 0.471 e. The molecule has 1 aliphatic heterocycles. The van der Waals surface area contributed by atoms with Crippen molar-refractivity contribution >= 4 is 17.3 Å². The van der Waals surface area contributed by atoms with Gasteiger partial charge in [0.1, 0.15) is 0 Å². The second-order valence-corrected chi connectivity index (χ2v) is 9.67. The van der Waals surface area contributed by atoms with Crippen molar-refractivity contribution in [1.29, 1.82) is 0 Å². The van der Waals surface area contributed by atoms with Gasteiger partial charge in [0, 0.05) is 23.3 Å². The standard InChI is InChI=1S/C26H31F3N2O/c1-18(20-11-7-4-8-12-20)31-17-25(2,16-19-9-5-3-6-10-19)22-14-13-21(15-23(22)31)30-24(32)26(27,28)29/h4,7-8,11-15,18-19H,3,5-6,9-10,16-17H2,1-2H3,(H,30,32). The molecule has 6 heteroatoms. The van der Waals surface area contributed by atoms with E-state index in [4.69, 9.17) is 0 Å². The van der Waals surface area contributed by atoms with E-state index >= 15 is 0 Å². The van der Waals surface area contributed by atoms with Crippen LogP contribution in [-0.4, -0.2) is 18.6 Å². The number of amides is 1. The van der Waals surface area contributed by atoms with Gasteiger partial charge < -0.3 is 10.2 Å². The van der Waals surface area contributed by atoms with Gasteiger partial charge in [0.25, 0.3) is 0 Å². The SMILES string of the molecule is CC(c1ccccc1)N1CC(C)(CC2CCCCC2)c2ccc(NC(=O)C(F)(F)F)cc21. The number of fused-ring (bicyclic) bond motifs is 1. The molecule has 4 rings (SSSR count). The molecule has 1 heterocycles. The minimum Gasteiger partial charge on any atom is -0.364 e. The Hall–Kier alpha value is -2.50. The summed E-state index contributed by atoms with van der Waals surface area (Å²) in [5, 5.41) is 2.03. The van der Waals surface area contributed by atoms with Crippen molar-refractivity contribution in [3.8, 4) is 0 Å². The summed E-state index contributed by atoms with van der Waals surface area (Å²) in [5.41, 5.74) is 3.34. The molecule has 3 nitrogen and oxygen atoms in total. The van der Waals surface area contributed by atoms with Gasteiger partial charge in [0.2, 0.25) is 0 Å². The Kier molecular flexibility index (Phi) is 6.24. The first-order valence-electron chi connectivity index (χ1n) is 11.5. The quantitative estimate of drug-likeness (QED) is 0.539. The highest BCUT2D eigenvalue weighted by molar-refractivity contribution is 5.95. The molecule has 0 saturated heterocycles. The minimum atomic E-state index is -4.91. The molecule has 172 valence electrons. The van der Waals surface area contributed by atoms with Crippen LogP contribution in [0.4, 0.5) is 24.5 Å². The molecule has 1 saturated carbocycles. The van der Waals surface area contributed by atoms with Gasteiger partial charge >= 0.3 is 12.1 Å². The van der Waals surface area contributed by atoms with Crippen LogP contribution >= 0.6 is 0 Å². The molecule has 0 radical (unpaired) electrons. The Morgan fingerprint density at radius 1 is 1.12 bits per heavy atom. The van der Waals surface area contributed by atoms with Crippen LogP contribution in [-0.2, 0) is 10.2 Å². The van der Waals surface area contributed by atoms with Crippen molar-refractivity contribution in [2.45, 2.75) is 70.0 Å². The lowest BCUT2D eigenvalue weighted by Gasteiger charge is -2.34. The van der Waals surface area contributed by atoms with E-state index in [0.29, 0.717) is 5.92 Å². The van der Waals surface area contributed by atoms with Gasteiger partial charge in [-0.2, -0.15) is 13.2 Å². The smallest absolute Gasteiger partial charge is 0.364 e. The highest BCUT2D eigenvalue weighted by Gasteiger charge is 2.43. The number of nitrogens with zero attached hydrogens (tertiary/aromatic N) is 1. The lowest BCUT2D eigenvalue weighted by Crippen LogP contribution is -2.34. The van der Waals surface area contributed by atoms with E-state index in [1.54, 1.807) is 12.1 Å². The Labute approximate surface area is 188 Å². The zero-order valence-electron chi connectivity index (χ0n) is 18.7. The Bertz CT molecular complexity index is 953. The zero-order chi connectivity index (χ0) is 22.9. The number of halogens is 3. The maximum absolute atomic E-state index is 12.8. The van der Waals surface area contributed by atoms with Crippen molar-refractivity contribution in [3.63, 3.8) is 0 Å². The number of anilines is 2.